The van der Waals surface area contributed by atoms with Gasteiger partial charge < -0.3 is 4.42 Å². The Morgan fingerprint density at radius 1 is 0.578 bits per heavy atom. The Balaban J connectivity index is 1.19. The summed E-state index contributed by atoms with van der Waals surface area (Å²) in [4.78, 5) is 12.4. The molecule has 0 saturated heterocycles. The highest BCUT2D eigenvalue weighted by molar-refractivity contribution is 6.22. The molecule has 0 fully saturated rings. The average molecular weight is 575 g/mol. The first-order valence-corrected chi connectivity index (χ1v) is 14.5. The third kappa shape index (κ3) is 4.57. The van der Waals surface area contributed by atoms with Crippen LogP contribution >= 0.6 is 0 Å². The van der Waals surface area contributed by atoms with Crippen LogP contribution in [0, 0.1) is 17.9 Å². The normalized spacial score (nSPS) is 11.1. The molecule has 0 aliphatic heterocycles. The van der Waals surface area contributed by atoms with E-state index in [4.69, 9.17) is 11.0 Å². The van der Waals surface area contributed by atoms with Crippen molar-refractivity contribution in [3.8, 4) is 50.8 Å². The second kappa shape index (κ2) is 10.6. The maximum absolute atomic E-state index is 9.24. The largest absolute Gasteiger partial charge is 0.456 e. The second-order valence-electron chi connectivity index (χ2n) is 10.9. The van der Waals surface area contributed by atoms with Gasteiger partial charge >= 0.3 is 0 Å². The Kier molecular flexibility index (Phi) is 6.16. The van der Waals surface area contributed by atoms with Crippen molar-refractivity contribution >= 4 is 38.4 Å². The van der Waals surface area contributed by atoms with E-state index in [1.165, 1.54) is 0 Å². The van der Waals surface area contributed by atoms with Crippen molar-refractivity contribution in [1.29, 1.82) is 5.26 Å². The van der Waals surface area contributed by atoms with Crippen LogP contribution in [-0.2, 0) is 0 Å². The van der Waals surface area contributed by atoms with E-state index in [0.717, 1.165) is 77.5 Å². The van der Waals surface area contributed by atoms with E-state index in [1.807, 2.05) is 18.2 Å². The van der Waals surface area contributed by atoms with Crippen LogP contribution < -0.4 is 0 Å². The number of benzene rings is 5. The quantitative estimate of drug-likeness (QED) is 0.196. The summed E-state index contributed by atoms with van der Waals surface area (Å²) in [7, 11) is 0. The summed E-state index contributed by atoms with van der Waals surface area (Å²) in [5.41, 5.74) is 10.6. The van der Waals surface area contributed by atoms with Crippen molar-refractivity contribution in [3.05, 3.63) is 151 Å². The van der Waals surface area contributed by atoms with Crippen molar-refractivity contribution in [1.82, 2.24) is 9.97 Å². The number of pyridine rings is 2. The van der Waals surface area contributed by atoms with Gasteiger partial charge in [0.1, 0.15) is 11.2 Å². The monoisotopic (exact) mass is 574 g/mol. The van der Waals surface area contributed by atoms with Gasteiger partial charge in [-0.05, 0) is 81.1 Å². The molecule has 0 aliphatic rings. The summed E-state index contributed by atoms with van der Waals surface area (Å²) < 4.78 is 6.54. The Bertz CT molecular complexity index is 2500. The number of furan rings is 1. The maximum Gasteiger partial charge on any atom is 0.190 e. The summed E-state index contributed by atoms with van der Waals surface area (Å²) in [5, 5.41) is 13.7. The van der Waals surface area contributed by atoms with Gasteiger partial charge in [-0.2, -0.15) is 5.26 Å². The molecule has 208 valence electrons. The maximum atomic E-state index is 9.24. The van der Waals surface area contributed by atoms with Gasteiger partial charge in [0, 0.05) is 28.7 Å². The zero-order valence-corrected chi connectivity index (χ0v) is 23.9. The van der Waals surface area contributed by atoms with E-state index in [2.05, 4.69) is 106 Å². The van der Waals surface area contributed by atoms with Crippen LogP contribution in [0.25, 0.3) is 82.3 Å². The van der Waals surface area contributed by atoms with Gasteiger partial charge in [-0.3, -0.25) is 9.97 Å². The van der Waals surface area contributed by atoms with Crippen molar-refractivity contribution in [2.75, 3.05) is 0 Å². The number of rotatable bonds is 4. The SMILES string of the molecule is [C-]#[N+]c1ccnc(-c2ccc(-c3cc4oc5cc(-c6ccc(-c7cc(C#N)ccn7)cc6)ccc5c4c4ccccc34)cc2)c1. The van der Waals surface area contributed by atoms with E-state index < -0.39 is 0 Å². The highest BCUT2D eigenvalue weighted by Gasteiger charge is 2.16. The van der Waals surface area contributed by atoms with Gasteiger partial charge in [0.2, 0.25) is 0 Å². The number of hydrogen-bond donors (Lipinski definition) is 0. The Morgan fingerprint density at radius 2 is 1.22 bits per heavy atom. The van der Waals surface area contributed by atoms with Crippen LogP contribution in [0.15, 0.2) is 138 Å². The molecule has 8 aromatic rings. The fraction of sp³-hybridized carbons (Fsp3) is 0. The van der Waals surface area contributed by atoms with Gasteiger partial charge in [0.15, 0.2) is 5.69 Å². The lowest BCUT2D eigenvalue weighted by Crippen LogP contribution is -1.86. The fourth-order valence-electron chi connectivity index (χ4n) is 6.02. The smallest absolute Gasteiger partial charge is 0.190 e. The van der Waals surface area contributed by atoms with Gasteiger partial charge in [-0.15, -0.1) is 0 Å². The van der Waals surface area contributed by atoms with Crippen LogP contribution in [-0.4, -0.2) is 9.97 Å². The first kappa shape index (κ1) is 26.1. The van der Waals surface area contributed by atoms with E-state index >= 15 is 0 Å². The number of hydrogen-bond acceptors (Lipinski definition) is 4. The minimum absolute atomic E-state index is 0.574. The van der Waals surface area contributed by atoms with E-state index in [9.17, 15) is 5.26 Å². The molecule has 5 aromatic carbocycles. The molecule has 0 atom stereocenters. The second-order valence-corrected chi connectivity index (χ2v) is 10.9. The van der Waals surface area contributed by atoms with Crippen LogP contribution in [0.1, 0.15) is 5.56 Å². The standard InChI is InChI=1S/C40H22N4O/c1-42-31-17-19-44-37(22-31)29-12-8-27(9-13-29)35-23-39-40(33-5-3-2-4-32(33)35)34-15-14-30(21-38(34)45-39)26-6-10-28(11-7-26)36-20-25(24-41)16-18-43-36/h2-23H. The van der Waals surface area contributed by atoms with Crippen LogP contribution in [0.3, 0.4) is 0 Å². The predicted octanol–water partition coefficient (Wildman–Crippen LogP) is 10.6. The zero-order valence-electron chi connectivity index (χ0n) is 23.9. The Labute approximate surface area is 259 Å². The molecule has 0 N–H and O–H groups in total. The molecule has 0 aliphatic carbocycles. The predicted molar refractivity (Wildman–Crippen MR) is 180 cm³/mol. The van der Waals surface area contributed by atoms with Crippen LogP contribution in [0.2, 0.25) is 0 Å². The molecule has 0 bridgehead atoms. The third-order valence-corrected chi connectivity index (χ3v) is 8.25. The minimum atomic E-state index is 0.574. The zero-order chi connectivity index (χ0) is 30.3. The van der Waals surface area contributed by atoms with Crippen LogP contribution in [0.4, 0.5) is 5.69 Å². The van der Waals surface area contributed by atoms with Gasteiger partial charge in [0.05, 0.1) is 29.6 Å². The van der Waals surface area contributed by atoms with Crippen molar-refractivity contribution < 1.29 is 4.42 Å². The van der Waals surface area contributed by atoms with Crippen molar-refractivity contribution in [2.24, 2.45) is 0 Å². The first-order chi connectivity index (χ1) is 22.2. The van der Waals surface area contributed by atoms with E-state index in [-0.39, 0.29) is 0 Å². The Morgan fingerprint density at radius 3 is 1.96 bits per heavy atom. The highest BCUT2D eigenvalue weighted by Crippen LogP contribution is 2.41. The summed E-state index contributed by atoms with van der Waals surface area (Å²) >= 11 is 0. The van der Waals surface area contributed by atoms with Crippen LogP contribution in [0.5, 0.6) is 0 Å². The lowest BCUT2D eigenvalue weighted by Gasteiger charge is -2.10. The van der Waals surface area contributed by atoms with Gasteiger partial charge in [0.25, 0.3) is 0 Å². The lowest BCUT2D eigenvalue weighted by molar-refractivity contribution is 0.669. The summed E-state index contributed by atoms with van der Waals surface area (Å²) in [5.74, 6) is 0. The van der Waals surface area contributed by atoms with E-state index in [1.54, 1.807) is 30.6 Å². The molecule has 0 radical (unpaired) electrons. The molecular weight excluding hydrogens is 552 g/mol. The number of aromatic nitrogens is 2. The number of fused-ring (bicyclic) bond motifs is 5. The molecule has 5 heteroatoms. The average Bonchev–Trinajstić information content (AvgIpc) is 3.49. The van der Waals surface area contributed by atoms with Crippen molar-refractivity contribution in [2.45, 2.75) is 0 Å². The van der Waals surface area contributed by atoms with Gasteiger partial charge in [-0.25, -0.2) is 4.85 Å². The summed E-state index contributed by atoms with van der Waals surface area (Å²) in [6.45, 7) is 7.31. The minimum Gasteiger partial charge on any atom is -0.456 e. The third-order valence-electron chi connectivity index (χ3n) is 8.25. The molecule has 0 amide bonds. The summed E-state index contributed by atoms with van der Waals surface area (Å²) in [6.07, 6.45) is 3.34. The Hall–Kier alpha value is -6.56. The molecular formula is C40H22N4O. The number of nitrogens with zero attached hydrogens (tertiary/aromatic N) is 4. The van der Waals surface area contributed by atoms with Gasteiger partial charge in [-0.1, -0.05) is 78.9 Å². The molecule has 5 nitrogen and oxygen atoms in total. The first-order valence-electron chi connectivity index (χ1n) is 14.5. The number of nitriles is 1. The van der Waals surface area contributed by atoms with E-state index in [0.29, 0.717) is 11.3 Å². The molecule has 3 aromatic heterocycles. The molecule has 8 rings (SSSR count). The molecule has 0 unspecified atom stereocenters. The van der Waals surface area contributed by atoms with Crippen molar-refractivity contribution in [3.63, 3.8) is 0 Å². The topological polar surface area (TPSA) is 67.1 Å². The highest BCUT2D eigenvalue weighted by atomic mass is 16.3. The molecule has 45 heavy (non-hydrogen) atoms. The fourth-order valence-corrected chi connectivity index (χ4v) is 6.02. The summed E-state index contributed by atoms with van der Waals surface area (Å²) in [6, 6.07) is 42.7. The molecule has 3 heterocycles. The lowest BCUT2D eigenvalue weighted by atomic mass is 9.94. The molecule has 0 spiro atoms. The molecule has 0 saturated carbocycles.